The average molecular weight is 465 g/mol. The maximum Gasteiger partial charge on any atom is 0.416 e. The Morgan fingerprint density at radius 2 is 1.53 bits per heavy atom. The summed E-state index contributed by atoms with van der Waals surface area (Å²) in [4.78, 5) is 11.2. The number of rotatable bonds is 7. The van der Waals surface area contributed by atoms with Crippen molar-refractivity contribution >= 4 is 21.5 Å². The smallest absolute Gasteiger partial charge is 0.416 e. The lowest BCUT2D eigenvalue weighted by Gasteiger charge is -2.17. The van der Waals surface area contributed by atoms with Crippen molar-refractivity contribution in [1.82, 2.24) is 0 Å². The van der Waals surface area contributed by atoms with E-state index in [1.54, 1.807) is 18.2 Å². The van der Waals surface area contributed by atoms with Gasteiger partial charge in [0.05, 0.1) is 23.3 Å². The van der Waals surface area contributed by atoms with Crippen molar-refractivity contribution < 1.29 is 35.9 Å². The Kier molecular flexibility index (Phi) is 6.45. The van der Waals surface area contributed by atoms with E-state index in [4.69, 9.17) is 9.47 Å². The maximum absolute atomic E-state index is 13.3. The van der Waals surface area contributed by atoms with Crippen LogP contribution < -0.4 is 14.2 Å². The van der Waals surface area contributed by atoms with Crippen LogP contribution in [-0.4, -0.2) is 21.3 Å². The highest BCUT2D eigenvalue weighted by Gasteiger charge is 2.32. The topological polar surface area (TPSA) is 81.7 Å². The van der Waals surface area contributed by atoms with Crippen LogP contribution in [0.15, 0.2) is 71.6 Å². The predicted octanol–water partition coefficient (Wildman–Crippen LogP) is 5.51. The van der Waals surface area contributed by atoms with Crippen LogP contribution in [0.1, 0.15) is 22.8 Å². The predicted molar refractivity (Wildman–Crippen MR) is 112 cm³/mol. The first kappa shape index (κ1) is 23.1. The summed E-state index contributed by atoms with van der Waals surface area (Å²) in [6, 6.07) is 13.9. The van der Waals surface area contributed by atoms with E-state index in [1.165, 1.54) is 44.4 Å². The monoisotopic (exact) mass is 465 g/mol. The van der Waals surface area contributed by atoms with Gasteiger partial charge in [0.2, 0.25) is 0 Å². The number of Topliss-reactive ketones (excluding diaryl/α,β-unsaturated/α-hetero) is 1. The Balaban J connectivity index is 2.03. The molecule has 0 fully saturated rings. The molecule has 0 saturated heterocycles. The fourth-order valence-electron chi connectivity index (χ4n) is 2.77. The highest BCUT2D eigenvalue weighted by atomic mass is 32.2. The van der Waals surface area contributed by atoms with E-state index >= 15 is 0 Å². The zero-order chi connectivity index (χ0) is 23.5. The molecule has 1 N–H and O–H groups in total. The van der Waals surface area contributed by atoms with Crippen molar-refractivity contribution in [3.05, 3.63) is 77.9 Å². The second-order valence-corrected chi connectivity index (χ2v) is 8.33. The fourth-order valence-corrected chi connectivity index (χ4v) is 3.83. The van der Waals surface area contributed by atoms with Crippen LogP contribution in [0.25, 0.3) is 0 Å². The van der Waals surface area contributed by atoms with Crippen LogP contribution >= 0.6 is 0 Å². The van der Waals surface area contributed by atoms with Gasteiger partial charge in [0, 0.05) is 5.56 Å². The molecule has 0 aliphatic heterocycles. The molecule has 0 aliphatic rings. The first-order valence-electron chi connectivity index (χ1n) is 9.17. The number of hydrogen-bond acceptors (Lipinski definition) is 5. The summed E-state index contributed by atoms with van der Waals surface area (Å²) in [5.41, 5.74) is -1.18. The van der Waals surface area contributed by atoms with E-state index in [0.717, 1.165) is 12.1 Å². The molecule has 0 aliphatic carbocycles. The van der Waals surface area contributed by atoms with E-state index < -0.39 is 27.5 Å². The van der Waals surface area contributed by atoms with E-state index in [9.17, 15) is 26.4 Å². The number of hydrogen-bond donors (Lipinski definition) is 1. The summed E-state index contributed by atoms with van der Waals surface area (Å²) in [7, 11) is -2.90. The number of nitrogens with one attached hydrogen (secondary N) is 1. The summed E-state index contributed by atoms with van der Waals surface area (Å²) in [6.45, 7) is 1.33. The summed E-state index contributed by atoms with van der Waals surface area (Å²) in [5, 5.41) is 0. The van der Waals surface area contributed by atoms with Gasteiger partial charge in [0.25, 0.3) is 10.0 Å². The molecule has 3 aromatic rings. The van der Waals surface area contributed by atoms with Gasteiger partial charge in [-0.25, -0.2) is 8.42 Å². The van der Waals surface area contributed by atoms with Crippen LogP contribution in [-0.2, 0) is 16.2 Å². The quantitative estimate of drug-likeness (QED) is 0.466. The number of halogens is 3. The molecule has 0 saturated carbocycles. The van der Waals surface area contributed by atoms with Gasteiger partial charge in [-0.05, 0) is 49.4 Å². The highest BCUT2D eigenvalue weighted by Crippen LogP contribution is 2.39. The molecule has 0 bridgehead atoms. The molecule has 0 atom stereocenters. The van der Waals surface area contributed by atoms with E-state index in [0.29, 0.717) is 17.4 Å². The first-order chi connectivity index (χ1) is 15.0. The fraction of sp³-hybridized carbons (Fsp3) is 0.136. The van der Waals surface area contributed by atoms with Gasteiger partial charge < -0.3 is 9.47 Å². The van der Waals surface area contributed by atoms with Crippen LogP contribution in [0, 0.1) is 0 Å². The number of carbonyl (C=O) groups is 1. The Morgan fingerprint density at radius 3 is 2.09 bits per heavy atom. The van der Waals surface area contributed by atoms with Crippen molar-refractivity contribution in [3.63, 3.8) is 0 Å². The average Bonchev–Trinajstić information content (AvgIpc) is 2.74. The van der Waals surface area contributed by atoms with Gasteiger partial charge in [0.1, 0.15) is 0 Å². The molecule has 168 valence electrons. The maximum atomic E-state index is 13.3. The van der Waals surface area contributed by atoms with E-state index in [1.807, 2.05) is 0 Å². The van der Waals surface area contributed by atoms with Crippen molar-refractivity contribution in [3.8, 4) is 17.2 Å². The van der Waals surface area contributed by atoms with Gasteiger partial charge in [-0.1, -0.05) is 24.3 Å². The van der Waals surface area contributed by atoms with Crippen LogP contribution in [0.2, 0.25) is 0 Å². The van der Waals surface area contributed by atoms with Gasteiger partial charge in [-0.2, -0.15) is 13.2 Å². The standard InChI is InChI=1S/C22H18F3NO5S/c1-14(27)15-7-10-17(11-8-15)32(28,29)26-18-13-16(22(23,24)25)9-12-19(18)31-21-6-4-3-5-20(21)30-2/h3-13,26H,1-2H3. The van der Waals surface area contributed by atoms with E-state index in [2.05, 4.69) is 4.72 Å². The van der Waals surface area contributed by atoms with Crippen molar-refractivity contribution in [2.24, 2.45) is 0 Å². The van der Waals surface area contributed by atoms with Gasteiger partial charge >= 0.3 is 6.18 Å². The summed E-state index contributed by atoms with van der Waals surface area (Å²) in [5.74, 6) is 0.0701. The first-order valence-corrected chi connectivity index (χ1v) is 10.7. The number of sulfonamides is 1. The number of anilines is 1. The van der Waals surface area contributed by atoms with Crippen molar-refractivity contribution in [2.75, 3.05) is 11.8 Å². The normalized spacial score (nSPS) is 11.7. The van der Waals surface area contributed by atoms with Crippen LogP contribution in [0.3, 0.4) is 0 Å². The molecule has 3 aromatic carbocycles. The number of ketones is 1. The molecule has 0 aromatic heterocycles. The lowest BCUT2D eigenvalue weighted by Crippen LogP contribution is -2.15. The number of alkyl halides is 3. The van der Waals surface area contributed by atoms with Gasteiger partial charge in [-0.15, -0.1) is 0 Å². The van der Waals surface area contributed by atoms with Crippen molar-refractivity contribution in [2.45, 2.75) is 18.0 Å². The Morgan fingerprint density at radius 1 is 0.906 bits per heavy atom. The molecular weight excluding hydrogens is 447 g/mol. The Labute approximate surface area is 182 Å². The Bertz CT molecular complexity index is 1240. The molecule has 32 heavy (non-hydrogen) atoms. The third-order valence-electron chi connectivity index (χ3n) is 4.41. The lowest BCUT2D eigenvalue weighted by atomic mass is 10.2. The molecule has 0 amide bonds. The van der Waals surface area contributed by atoms with Crippen LogP contribution in [0.4, 0.5) is 18.9 Å². The largest absolute Gasteiger partial charge is 0.493 e. The molecule has 0 radical (unpaired) electrons. The van der Waals surface area contributed by atoms with Crippen molar-refractivity contribution in [1.29, 1.82) is 0 Å². The molecular formula is C22H18F3NO5S. The summed E-state index contributed by atoms with van der Waals surface area (Å²) in [6.07, 6.45) is -4.70. The minimum absolute atomic E-state index is 0.161. The molecule has 6 nitrogen and oxygen atoms in total. The number of para-hydroxylation sites is 2. The number of benzene rings is 3. The minimum Gasteiger partial charge on any atom is -0.493 e. The van der Waals surface area contributed by atoms with E-state index in [-0.39, 0.29) is 22.2 Å². The highest BCUT2D eigenvalue weighted by molar-refractivity contribution is 7.92. The number of ether oxygens (including phenoxy) is 2. The van der Waals surface area contributed by atoms with Crippen LogP contribution in [0.5, 0.6) is 17.2 Å². The van der Waals surface area contributed by atoms with Gasteiger partial charge in [-0.3, -0.25) is 9.52 Å². The second kappa shape index (κ2) is 8.91. The number of carbonyl (C=O) groups excluding carboxylic acids is 1. The van der Waals surface area contributed by atoms with Gasteiger partial charge in [0.15, 0.2) is 23.0 Å². The molecule has 10 heteroatoms. The zero-order valence-corrected chi connectivity index (χ0v) is 17.8. The number of methoxy groups -OCH3 is 1. The molecule has 0 unspecified atom stereocenters. The molecule has 0 heterocycles. The lowest BCUT2D eigenvalue weighted by molar-refractivity contribution is -0.137. The molecule has 0 spiro atoms. The zero-order valence-electron chi connectivity index (χ0n) is 16.9. The summed E-state index contributed by atoms with van der Waals surface area (Å²) < 4.78 is 78.4. The third kappa shape index (κ3) is 5.20. The summed E-state index contributed by atoms with van der Waals surface area (Å²) >= 11 is 0. The second-order valence-electron chi connectivity index (χ2n) is 6.65. The minimum atomic E-state index is -4.70. The Hall–Kier alpha value is -3.53. The third-order valence-corrected chi connectivity index (χ3v) is 5.79. The molecule has 3 rings (SSSR count). The SMILES string of the molecule is COc1ccccc1Oc1ccc(C(F)(F)F)cc1NS(=O)(=O)c1ccc(C(C)=O)cc1.